The van der Waals surface area contributed by atoms with Crippen molar-refractivity contribution in [3.8, 4) is 0 Å². The van der Waals surface area contributed by atoms with Gasteiger partial charge in [-0.15, -0.1) is 0 Å². The zero-order valence-corrected chi connectivity index (χ0v) is 45.2. The number of ether oxygens (including phenoxy) is 4. The zero-order chi connectivity index (χ0) is 60.8. The number of imidazole rings is 3. The van der Waals surface area contributed by atoms with Gasteiger partial charge in [0, 0.05) is 12.3 Å². The normalized spacial score (nSPS) is 31.9. The predicted octanol–water partition coefficient (Wildman–Crippen LogP) is -6.72. The number of phosphoric ester groups is 3. The molecular formula is C39H48N17O26P3. The summed E-state index contributed by atoms with van der Waals surface area (Å²) in [5, 5.41) is 66.5. The van der Waals surface area contributed by atoms with Gasteiger partial charge in [-0.25, -0.2) is 43.4 Å². The number of H-pyrrole nitrogens is 3. The van der Waals surface area contributed by atoms with Crippen molar-refractivity contribution in [2.75, 3.05) is 43.6 Å². The maximum atomic E-state index is 14.1. The monoisotopic (exact) mass is 1260 g/mol. The molecule has 46 heteroatoms. The fourth-order valence-electron chi connectivity index (χ4n) is 9.75. The molecule has 3 unspecified atom stereocenters. The van der Waals surface area contributed by atoms with E-state index in [0.717, 1.165) is 46.7 Å². The Hall–Kier alpha value is -6.74. The summed E-state index contributed by atoms with van der Waals surface area (Å²) >= 11 is 0. The van der Waals surface area contributed by atoms with Crippen LogP contribution in [0, 0.1) is 0 Å². The van der Waals surface area contributed by atoms with Crippen LogP contribution in [0.4, 0.5) is 17.7 Å². The number of nitrogen functional groups attached to an aromatic ring is 3. The van der Waals surface area contributed by atoms with Gasteiger partial charge in [0.1, 0.15) is 85.1 Å². The molecular weight excluding hydrogens is 1220 g/mol. The lowest BCUT2D eigenvalue weighted by atomic mass is 10.1. The number of nitrogens with zero attached hydrogens (tertiary/aromatic N) is 11. The summed E-state index contributed by atoms with van der Waals surface area (Å²) in [4.78, 5) is 117. The molecule has 18 N–H and O–H groups in total. The molecule has 4 aliphatic rings. The first kappa shape index (κ1) is 60.0. The Balaban J connectivity index is 0.826. The summed E-state index contributed by atoms with van der Waals surface area (Å²) < 4.78 is 100. The second-order valence-corrected chi connectivity index (χ2v) is 23.3. The summed E-state index contributed by atoms with van der Waals surface area (Å²) in [5.74, 6) is -0.918. The van der Waals surface area contributed by atoms with E-state index < -0.39 is 182 Å². The average molecular weight is 1260 g/mol. The van der Waals surface area contributed by atoms with Crippen LogP contribution in [-0.2, 0) is 59.8 Å². The van der Waals surface area contributed by atoms with Gasteiger partial charge in [-0.1, -0.05) is 0 Å². The quantitative estimate of drug-likeness (QED) is 0.0316. The van der Waals surface area contributed by atoms with Crippen molar-refractivity contribution in [3.05, 3.63) is 79.1 Å². The Morgan fingerprint density at radius 2 is 0.929 bits per heavy atom. The van der Waals surface area contributed by atoms with E-state index >= 15 is 0 Å². The van der Waals surface area contributed by atoms with Crippen LogP contribution < -0.4 is 39.6 Å². The maximum Gasteiger partial charge on any atom is 0.472 e. The first-order valence-electron chi connectivity index (χ1n) is 24.5. The largest absolute Gasteiger partial charge is 0.472 e. The Labute approximate surface area is 467 Å². The van der Waals surface area contributed by atoms with E-state index in [4.69, 9.17) is 63.3 Å². The molecule has 0 saturated carbocycles. The van der Waals surface area contributed by atoms with Crippen molar-refractivity contribution in [1.82, 2.24) is 68.1 Å². The molecule has 0 spiro atoms. The standard InChI is InChI=1S/C39H48N17O26P3/c40-27-16-28(44-7-43-27)54(8-45-16)34-21(61)24(11(3-57)76-34)80-84(69,70)74-5-13-26(23(63)36(78-13)56-10-47-18-30(56)50-38(42)52-32(18)65)82-85(71,72)75-6-14-25(22(62)35(79-14)55-9-46-17-29(55)49-37(41)51-31(17)64)81-83(67,68)73-4-12-19(59)20(60)33(77-12)53-2-1-15(58)48-39(53)66/h1-2,7-14,19-26,33-36,57,59-63H,3-6H2,(H,67,68)(H,69,70)(H,71,72)(H2,40,43,44)(H,48,58,66)(H3,41,49,51,64)(H3,42,50,52,65)/t11-,12-,13-,14-,19-,20-,21-,22-,23-,24-,25-,26-,33-,34-,35-,36-/m1/s1. The van der Waals surface area contributed by atoms with Crippen LogP contribution in [0.15, 0.2) is 56.8 Å². The van der Waals surface area contributed by atoms with Gasteiger partial charge < -0.3 is 81.5 Å². The number of nitrogens with one attached hydrogen (secondary N) is 3. The number of aliphatic hydroxyl groups excluding tert-OH is 6. The fourth-order valence-corrected chi connectivity index (χ4v) is 12.6. The van der Waals surface area contributed by atoms with Gasteiger partial charge in [0.05, 0.1) is 45.4 Å². The molecule has 11 rings (SSSR count). The predicted molar refractivity (Wildman–Crippen MR) is 271 cm³/mol. The molecule has 7 aromatic rings. The molecule has 4 fully saturated rings. The minimum Gasteiger partial charge on any atom is -0.394 e. The highest BCUT2D eigenvalue weighted by molar-refractivity contribution is 7.48. The first-order chi connectivity index (χ1) is 40.2. The molecule has 0 aliphatic carbocycles. The van der Waals surface area contributed by atoms with E-state index in [2.05, 4.69) is 44.9 Å². The molecule has 4 saturated heterocycles. The molecule has 0 bridgehead atoms. The van der Waals surface area contributed by atoms with Crippen LogP contribution in [0.3, 0.4) is 0 Å². The lowest BCUT2D eigenvalue weighted by molar-refractivity contribution is -0.0641. The highest BCUT2D eigenvalue weighted by Gasteiger charge is 2.55. The Bertz CT molecular complexity index is 4070. The van der Waals surface area contributed by atoms with Crippen molar-refractivity contribution < 1.29 is 105 Å². The molecule has 4 aliphatic heterocycles. The molecule has 0 radical (unpaired) electrons. The lowest BCUT2D eigenvalue weighted by Gasteiger charge is -2.26. The third kappa shape index (κ3) is 11.6. The van der Waals surface area contributed by atoms with E-state index in [-0.39, 0.29) is 39.3 Å². The number of fused-ring (bicyclic) bond motifs is 3. The summed E-state index contributed by atoms with van der Waals surface area (Å²) in [6.07, 6.45) is -25.0. The van der Waals surface area contributed by atoms with E-state index in [0.29, 0.717) is 4.57 Å². The average Bonchev–Trinajstić information content (AvgIpc) is 1.89. The number of hydrogen-bond acceptors (Lipinski definition) is 33. The van der Waals surface area contributed by atoms with Gasteiger partial charge >= 0.3 is 29.2 Å². The topological polar surface area (TPSA) is 629 Å². The number of aromatic nitrogens is 14. The summed E-state index contributed by atoms with van der Waals surface area (Å²) in [5.41, 5.74) is 12.6. The third-order valence-electron chi connectivity index (χ3n) is 13.7. The molecule has 0 amide bonds. The second-order valence-electron chi connectivity index (χ2n) is 19.0. The summed E-state index contributed by atoms with van der Waals surface area (Å²) in [6, 6.07) is 0.905. The summed E-state index contributed by atoms with van der Waals surface area (Å²) in [7, 11) is -16.9. The fraction of sp³-hybridized carbons (Fsp3) is 0.513. The van der Waals surface area contributed by atoms with E-state index in [9.17, 15) is 78.2 Å². The molecule has 11 heterocycles. The van der Waals surface area contributed by atoms with Crippen LogP contribution in [-0.4, -0.2) is 213 Å². The SMILES string of the molecule is Nc1nc2c(ncn2[C@@H]2O[C@H](COP(=O)(O)O[C@H]3[C@@H](O)[C@H](n4cnc5c(N)ncnc54)O[C@@H]3CO)[C@@H](OP(=O)(O)OC[C@H]3O[C@@H](n4cnc5c(=O)[nH]c(N)nc54)[C@H](O)[C@@H]3OP(=O)(O)OC[C@H]3O[C@@H](n4ccc(=O)[nH]c4=O)[C@H](O)[C@@H]3O)[C@H]2O)c(=O)[nH]1. The van der Waals surface area contributed by atoms with Gasteiger partial charge in [0.2, 0.25) is 11.9 Å². The molecule has 7 aromatic heterocycles. The van der Waals surface area contributed by atoms with Gasteiger partial charge in [-0.3, -0.25) is 74.7 Å². The zero-order valence-electron chi connectivity index (χ0n) is 42.5. The minimum absolute atomic E-state index is 0.0385. The van der Waals surface area contributed by atoms with E-state index in [1.165, 1.54) is 4.57 Å². The van der Waals surface area contributed by atoms with Crippen molar-refractivity contribution in [1.29, 1.82) is 0 Å². The summed E-state index contributed by atoms with van der Waals surface area (Å²) in [6.45, 7) is -4.46. The van der Waals surface area contributed by atoms with Crippen LogP contribution in [0.25, 0.3) is 33.5 Å². The van der Waals surface area contributed by atoms with E-state index in [1.807, 2.05) is 4.98 Å². The minimum atomic E-state index is -5.76. The number of aliphatic hydroxyl groups is 6. The number of nitrogens with two attached hydrogens (primary N) is 3. The smallest absolute Gasteiger partial charge is 0.394 e. The van der Waals surface area contributed by atoms with Crippen molar-refractivity contribution in [2.24, 2.45) is 0 Å². The number of anilines is 3. The molecule has 460 valence electrons. The van der Waals surface area contributed by atoms with Crippen LogP contribution in [0.1, 0.15) is 24.9 Å². The second kappa shape index (κ2) is 22.8. The number of phosphoric acid groups is 3. The first-order valence-corrected chi connectivity index (χ1v) is 29.0. The van der Waals surface area contributed by atoms with Crippen LogP contribution in [0.5, 0.6) is 0 Å². The highest BCUT2D eigenvalue weighted by atomic mass is 31.2. The maximum absolute atomic E-state index is 14.1. The van der Waals surface area contributed by atoms with Gasteiger partial charge in [0.25, 0.3) is 16.7 Å². The number of hydrogen-bond donors (Lipinski definition) is 15. The number of aromatic amines is 3. The lowest BCUT2D eigenvalue weighted by Crippen LogP contribution is -2.38. The molecule has 19 atom stereocenters. The van der Waals surface area contributed by atoms with Crippen molar-refractivity contribution in [2.45, 2.75) is 98.2 Å². The highest BCUT2D eigenvalue weighted by Crippen LogP contribution is 2.54. The van der Waals surface area contributed by atoms with Crippen LogP contribution >= 0.6 is 23.5 Å². The van der Waals surface area contributed by atoms with E-state index in [1.54, 1.807) is 0 Å². The Morgan fingerprint density at radius 3 is 1.40 bits per heavy atom. The number of rotatable bonds is 20. The molecule has 85 heavy (non-hydrogen) atoms. The Morgan fingerprint density at radius 1 is 0.518 bits per heavy atom. The van der Waals surface area contributed by atoms with Crippen molar-refractivity contribution >= 4 is 74.7 Å². The van der Waals surface area contributed by atoms with Gasteiger partial charge in [-0.2, -0.15) is 9.97 Å². The van der Waals surface area contributed by atoms with Crippen LogP contribution in [0.2, 0.25) is 0 Å². The molecule has 43 nitrogen and oxygen atoms in total. The van der Waals surface area contributed by atoms with Gasteiger partial charge in [0.15, 0.2) is 58.7 Å². The van der Waals surface area contributed by atoms with Crippen molar-refractivity contribution in [3.63, 3.8) is 0 Å². The third-order valence-corrected chi connectivity index (χ3v) is 16.6. The van der Waals surface area contributed by atoms with Gasteiger partial charge in [-0.05, 0) is 0 Å². The Kier molecular flexibility index (Phi) is 16.1. The molecule has 0 aromatic carbocycles.